The summed E-state index contributed by atoms with van der Waals surface area (Å²) in [4.78, 5) is 21.0. The van der Waals surface area contributed by atoms with Crippen LogP contribution in [0.3, 0.4) is 0 Å². The fourth-order valence-corrected chi connectivity index (χ4v) is 2.07. The predicted octanol–water partition coefficient (Wildman–Crippen LogP) is 0.936. The van der Waals surface area contributed by atoms with E-state index >= 15 is 0 Å². The first kappa shape index (κ1) is 12.6. The third kappa shape index (κ3) is 6.73. The topological polar surface area (TPSA) is 89.6 Å². The second-order valence-corrected chi connectivity index (χ2v) is 4.27. The Morgan fingerprint density at radius 2 is 2.23 bits per heavy atom. The van der Waals surface area contributed by atoms with Crippen LogP contribution >= 0.6 is 21.6 Å². The number of carboxylic acids is 1. The van der Waals surface area contributed by atoms with Crippen LogP contribution in [0.1, 0.15) is 6.92 Å². The average Bonchev–Trinajstić information content (AvgIpc) is 2.04. The summed E-state index contributed by atoms with van der Waals surface area (Å²) < 4.78 is 4.60. The molecule has 0 amide bonds. The van der Waals surface area contributed by atoms with Gasteiger partial charge in [0.05, 0.1) is 6.61 Å². The zero-order valence-electron chi connectivity index (χ0n) is 7.06. The van der Waals surface area contributed by atoms with Gasteiger partial charge in [0.15, 0.2) is 0 Å². The van der Waals surface area contributed by atoms with Crippen molar-refractivity contribution in [3.63, 3.8) is 0 Å². The van der Waals surface area contributed by atoms with Gasteiger partial charge in [0.25, 0.3) is 0 Å². The van der Waals surface area contributed by atoms with Crippen LogP contribution in [0.4, 0.5) is 4.79 Å². The molecule has 0 bridgehead atoms. The van der Waals surface area contributed by atoms with E-state index in [1.54, 1.807) is 6.92 Å². The van der Waals surface area contributed by atoms with E-state index in [0.29, 0.717) is 6.61 Å². The summed E-state index contributed by atoms with van der Waals surface area (Å²) in [7, 11) is 1.93. The van der Waals surface area contributed by atoms with Crippen molar-refractivity contribution in [3.05, 3.63) is 0 Å². The Morgan fingerprint density at radius 1 is 1.62 bits per heavy atom. The van der Waals surface area contributed by atoms with Crippen LogP contribution in [0.5, 0.6) is 0 Å². The van der Waals surface area contributed by atoms with Crippen LogP contribution in [0.2, 0.25) is 0 Å². The first-order valence-electron chi connectivity index (χ1n) is 3.52. The SMILES string of the molecule is CCOC(=O)SSC[C@H](N)C(=O)O. The molecule has 0 fully saturated rings. The maximum atomic E-state index is 10.7. The highest BCUT2D eigenvalue weighted by atomic mass is 33.1. The normalized spacial score (nSPS) is 12.2. The number of aliphatic carboxylic acids is 1. The van der Waals surface area contributed by atoms with Gasteiger partial charge in [-0.05, 0) is 6.92 Å². The number of rotatable bonds is 5. The van der Waals surface area contributed by atoms with Gasteiger partial charge in [-0.15, -0.1) is 0 Å². The number of hydrogen-bond acceptors (Lipinski definition) is 6. The molecule has 5 nitrogen and oxygen atoms in total. The lowest BCUT2D eigenvalue weighted by Crippen LogP contribution is -2.32. The van der Waals surface area contributed by atoms with Gasteiger partial charge in [-0.25, -0.2) is 4.79 Å². The average molecular weight is 225 g/mol. The Morgan fingerprint density at radius 3 is 2.69 bits per heavy atom. The largest absolute Gasteiger partial charge is 0.480 e. The molecule has 0 aromatic carbocycles. The molecule has 0 aromatic heterocycles. The third-order valence-electron chi connectivity index (χ3n) is 0.954. The molecular formula is C6H11NO4S2. The third-order valence-corrected chi connectivity index (χ3v) is 2.99. The number of nitrogens with two attached hydrogens (primary N) is 1. The maximum Gasteiger partial charge on any atom is 0.378 e. The predicted molar refractivity (Wildman–Crippen MR) is 52.7 cm³/mol. The molecule has 1 atom stereocenters. The monoisotopic (exact) mass is 225 g/mol. The highest BCUT2D eigenvalue weighted by Crippen LogP contribution is 2.23. The van der Waals surface area contributed by atoms with Crippen LogP contribution < -0.4 is 5.73 Å². The Kier molecular flexibility index (Phi) is 6.83. The van der Waals surface area contributed by atoms with Crippen molar-refractivity contribution in [1.29, 1.82) is 0 Å². The molecule has 0 saturated heterocycles. The summed E-state index contributed by atoms with van der Waals surface area (Å²) in [6, 6.07) is -0.938. The molecule has 0 aliphatic carbocycles. The summed E-state index contributed by atoms with van der Waals surface area (Å²) in [6.07, 6.45) is 0. The molecule has 0 aliphatic heterocycles. The van der Waals surface area contributed by atoms with E-state index in [2.05, 4.69) is 4.74 Å². The summed E-state index contributed by atoms with van der Waals surface area (Å²) >= 11 is 0. The summed E-state index contributed by atoms with van der Waals surface area (Å²) in [5.74, 6) is -0.893. The summed E-state index contributed by atoms with van der Waals surface area (Å²) in [6.45, 7) is 2.02. The van der Waals surface area contributed by atoms with Crippen molar-refractivity contribution < 1.29 is 19.4 Å². The Hall–Kier alpha value is -0.400. The van der Waals surface area contributed by atoms with Gasteiger partial charge in [-0.1, -0.05) is 10.8 Å². The molecule has 3 N–H and O–H groups in total. The van der Waals surface area contributed by atoms with E-state index in [1.165, 1.54) is 0 Å². The van der Waals surface area contributed by atoms with Crippen LogP contribution in [0.25, 0.3) is 0 Å². The molecule has 0 saturated carbocycles. The van der Waals surface area contributed by atoms with E-state index in [-0.39, 0.29) is 5.75 Å². The number of hydrogen-bond donors (Lipinski definition) is 2. The van der Waals surface area contributed by atoms with Gasteiger partial charge in [0, 0.05) is 16.5 Å². The zero-order chi connectivity index (χ0) is 10.3. The van der Waals surface area contributed by atoms with Crippen molar-refractivity contribution in [2.24, 2.45) is 5.73 Å². The van der Waals surface area contributed by atoms with Gasteiger partial charge >= 0.3 is 11.3 Å². The Balaban J connectivity index is 3.44. The molecule has 7 heteroatoms. The summed E-state index contributed by atoms with van der Waals surface area (Å²) in [5, 5.41) is 7.96. The van der Waals surface area contributed by atoms with Crippen molar-refractivity contribution >= 4 is 32.9 Å². The van der Waals surface area contributed by atoms with Crippen molar-refractivity contribution in [3.8, 4) is 0 Å². The zero-order valence-corrected chi connectivity index (χ0v) is 8.69. The van der Waals surface area contributed by atoms with Gasteiger partial charge in [-0.3, -0.25) is 4.79 Å². The molecule has 13 heavy (non-hydrogen) atoms. The van der Waals surface area contributed by atoms with Gasteiger partial charge in [0.1, 0.15) is 6.04 Å². The highest BCUT2D eigenvalue weighted by molar-refractivity contribution is 8.82. The molecule has 0 heterocycles. The minimum absolute atomic E-state index is 0.179. The first-order chi connectivity index (χ1) is 6.07. The van der Waals surface area contributed by atoms with Crippen LogP contribution in [0.15, 0.2) is 0 Å². The van der Waals surface area contributed by atoms with E-state index in [4.69, 9.17) is 10.8 Å². The summed E-state index contributed by atoms with van der Waals surface area (Å²) in [5.41, 5.74) is 5.19. The van der Waals surface area contributed by atoms with Crippen molar-refractivity contribution in [2.75, 3.05) is 12.4 Å². The van der Waals surface area contributed by atoms with Crippen LogP contribution in [0, 0.1) is 0 Å². The quantitative estimate of drug-likeness (QED) is 0.531. The Bertz CT molecular complexity index is 187. The second-order valence-electron chi connectivity index (χ2n) is 2.00. The van der Waals surface area contributed by atoms with E-state index in [0.717, 1.165) is 21.6 Å². The van der Waals surface area contributed by atoms with Crippen molar-refractivity contribution in [2.45, 2.75) is 13.0 Å². The van der Waals surface area contributed by atoms with E-state index in [9.17, 15) is 9.59 Å². The lowest BCUT2D eigenvalue weighted by molar-refractivity contribution is -0.137. The first-order valence-corrected chi connectivity index (χ1v) is 5.84. The van der Waals surface area contributed by atoms with Crippen LogP contribution in [-0.2, 0) is 9.53 Å². The standard InChI is InChI=1S/C6H11NO4S2/c1-2-11-6(10)13-12-3-4(7)5(8)9/h4H,2-3,7H2,1H3,(H,8,9)/t4-/m0/s1. The van der Waals surface area contributed by atoms with E-state index in [1.807, 2.05) is 0 Å². The fraction of sp³-hybridized carbons (Fsp3) is 0.667. The van der Waals surface area contributed by atoms with Gasteiger partial charge in [-0.2, -0.15) is 0 Å². The van der Waals surface area contributed by atoms with Crippen LogP contribution in [-0.4, -0.2) is 34.8 Å². The van der Waals surface area contributed by atoms with Gasteiger partial charge < -0.3 is 15.6 Å². The number of carbonyl (C=O) groups is 2. The maximum absolute atomic E-state index is 10.7. The smallest absolute Gasteiger partial charge is 0.378 e. The minimum Gasteiger partial charge on any atom is -0.480 e. The molecule has 0 rings (SSSR count). The highest BCUT2D eigenvalue weighted by Gasteiger charge is 2.12. The lowest BCUT2D eigenvalue weighted by Gasteiger charge is -2.04. The number of ether oxygens (including phenoxy) is 1. The molecule has 0 unspecified atom stereocenters. The minimum atomic E-state index is -1.07. The second kappa shape index (κ2) is 7.05. The van der Waals surface area contributed by atoms with Gasteiger partial charge in [0.2, 0.25) is 0 Å². The van der Waals surface area contributed by atoms with Crippen molar-refractivity contribution in [1.82, 2.24) is 0 Å². The number of carbonyl (C=O) groups excluding carboxylic acids is 1. The molecule has 0 aromatic rings. The molecule has 76 valence electrons. The lowest BCUT2D eigenvalue weighted by atomic mass is 10.4. The molecular weight excluding hydrogens is 214 g/mol. The number of carboxylic acid groups (broad SMARTS) is 1. The molecule has 0 radical (unpaired) electrons. The molecule has 0 aliphatic rings. The van der Waals surface area contributed by atoms with E-state index < -0.39 is 17.3 Å². The fourth-order valence-electron chi connectivity index (χ4n) is 0.369. The Labute approximate surface area is 83.8 Å². The molecule has 0 spiro atoms.